The Morgan fingerprint density at radius 3 is 2.32 bits per heavy atom. The summed E-state index contributed by atoms with van der Waals surface area (Å²) in [5, 5.41) is 8.29. The van der Waals surface area contributed by atoms with E-state index in [1.165, 1.54) is 0 Å². The topological polar surface area (TPSA) is 90.5 Å². The predicted octanol–water partition coefficient (Wildman–Crippen LogP) is 2.41. The Balaban J connectivity index is 1.96. The first kappa shape index (κ1) is 18.8. The SMILES string of the molecule is CC(C)NC(=O)Nc1cccc(NC(=O)[C@@H]2CC(=O)N(C(C)C)C2)c1. The van der Waals surface area contributed by atoms with Gasteiger partial charge in [0, 0.05) is 36.4 Å². The first-order valence-corrected chi connectivity index (χ1v) is 8.54. The third-order valence-corrected chi connectivity index (χ3v) is 3.96. The molecule has 7 heteroatoms. The highest BCUT2D eigenvalue weighted by Crippen LogP contribution is 2.22. The Hall–Kier alpha value is -2.57. The third-order valence-electron chi connectivity index (χ3n) is 3.96. The molecule has 0 spiro atoms. The van der Waals surface area contributed by atoms with Crippen molar-refractivity contribution in [1.82, 2.24) is 10.2 Å². The van der Waals surface area contributed by atoms with E-state index in [2.05, 4.69) is 16.0 Å². The molecular formula is C18H26N4O3. The van der Waals surface area contributed by atoms with Crippen molar-refractivity contribution in [3.05, 3.63) is 24.3 Å². The number of benzene rings is 1. The number of carbonyl (C=O) groups is 3. The molecule has 1 aromatic rings. The van der Waals surface area contributed by atoms with Gasteiger partial charge in [-0.2, -0.15) is 0 Å². The van der Waals surface area contributed by atoms with Crippen molar-refractivity contribution in [2.45, 2.75) is 46.2 Å². The van der Waals surface area contributed by atoms with Crippen molar-refractivity contribution in [2.75, 3.05) is 17.2 Å². The molecule has 4 amide bonds. The van der Waals surface area contributed by atoms with E-state index in [4.69, 9.17) is 0 Å². The summed E-state index contributed by atoms with van der Waals surface area (Å²) in [6.07, 6.45) is 0.235. The highest BCUT2D eigenvalue weighted by molar-refractivity contribution is 5.98. The lowest BCUT2D eigenvalue weighted by Gasteiger charge is -2.20. The van der Waals surface area contributed by atoms with Crippen LogP contribution in [0, 0.1) is 5.92 Å². The first-order chi connectivity index (χ1) is 11.8. The van der Waals surface area contributed by atoms with Gasteiger partial charge in [-0.3, -0.25) is 9.59 Å². The second-order valence-corrected chi connectivity index (χ2v) is 6.86. The molecule has 0 radical (unpaired) electrons. The van der Waals surface area contributed by atoms with Crippen LogP contribution in [0.4, 0.5) is 16.2 Å². The van der Waals surface area contributed by atoms with Crippen LogP contribution in [0.5, 0.6) is 0 Å². The van der Waals surface area contributed by atoms with E-state index in [0.717, 1.165) is 0 Å². The summed E-state index contributed by atoms with van der Waals surface area (Å²) in [6, 6.07) is 6.77. The molecule has 1 aliphatic heterocycles. The minimum Gasteiger partial charge on any atom is -0.339 e. The molecule has 0 aliphatic carbocycles. The molecule has 0 saturated carbocycles. The average Bonchev–Trinajstić information content (AvgIpc) is 2.89. The van der Waals surface area contributed by atoms with E-state index in [1.807, 2.05) is 27.7 Å². The van der Waals surface area contributed by atoms with Crippen molar-refractivity contribution in [1.29, 1.82) is 0 Å². The van der Waals surface area contributed by atoms with Crippen molar-refractivity contribution in [3.63, 3.8) is 0 Å². The van der Waals surface area contributed by atoms with Crippen LogP contribution in [-0.2, 0) is 9.59 Å². The fourth-order valence-corrected chi connectivity index (χ4v) is 2.75. The number of hydrogen-bond donors (Lipinski definition) is 3. The molecule has 2 rings (SSSR count). The van der Waals surface area contributed by atoms with Gasteiger partial charge in [0.05, 0.1) is 5.92 Å². The predicted molar refractivity (Wildman–Crippen MR) is 97.3 cm³/mol. The lowest BCUT2D eigenvalue weighted by molar-refractivity contribution is -0.129. The fraction of sp³-hybridized carbons (Fsp3) is 0.500. The van der Waals surface area contributed by atoms with E-state index >= 15 is 0 Å². The highest BCUT2D eigenvalue weighted by atomic mass is 16.2. The molecule has 0 unspecified atom stereocenters. The van der Waals surface area contributed by atoms with Crippen molar-refractivity contribution < 1.29 is 14.4 Å². The van der Waals surface area contributed by atoms with E-state index in [0.29, 0.717) is 17.9 Å². The monoisotopic (exact) mass is 346 g/mol. The van der Waals surface area contributed by atoms with Crippen LogP contribution in [0.1, 0.15) is 34.1 Å². The Kier molecular flexibility index (Phi) is 6.01. The van der Waals surface area contributed by atoms with Gasteiger partial charge in [-0.15, -0.1) is 0 Å². The summed E-state index contributed by atoms with van der Waals surface area (Å²) in [6.45, 7) is 8.07. The molecule has 3 N–H and O–H groups in total. The highest BCUT2D eigenvalue weighted by Gasteiger charge is 2.35. The maximum atomic E-state index is 12.4. The number of urea groups is 1. The minimum absolute atomic E-state index is 0.0101. The number of carbonyl (C=O) groups excluding carboxylic acids is 3. The van der Waals surface area contributed by atoms with Gasteiger partial charge in [-0.05, 0) is 45.9 Å². The third kappa shape index (κ3) is 5.20. The van der Waals surface area contributed by atoms with Gasteiger partial charge in [0.2, 0.25) is 11.8 Å². The molecule has 1 aliphatic rings. The fourth-order valence-electron chi connectivity index (χ4n) is 2.75. The quantitative estimate of drug-likeness (QED) is 0.765. The summed E-state index contributed by atoms with van der Waals surface area (Å²) in [4.78, 5) is 37.8. The Morgan fingerprint density at radius 1 is 1.12 bits per heavy atom. The molecule has 1 saturated heterocycles. The van der Waals surface area contributed by atoms with Crippen LogP contribution in [-0.4, -0.2) is 41.4 Å². The lowest BCUT2D eigenvalue weighted by Crippen LogP contribution is -2.34. The van der Waals surface area contributed by atoms with E-state index in [1.54, 1.807) is 29.2 Å². The van der Waals surface area contributed by atoms with Crippen molar-refractivity contribution in [3.8, 4) is 0 Å². The maximum absolute atomic E-state index is 12.4. The summed E-state index contributed by atoms with van der Waals surface area (Å²) >= 11 is 0. The first-order valence-electron chi connectivity index (χ1n) is 8.54. The summed E-state index contributed by atoms with van der Waals surface area (Å²) in [5.74, 6) is -0.521. The number of nitrogens with zero attached hydrogens (tertiary/aromatic N) is 1. The van der Waals surface area contributed by atoms with Gasteiger partial charge >= 0.3 is 6.03 Å². The Labute approximate surface area is 148 Å². The Morgan fingerprint density at radius 2 is 1.76 bits per heavy atom. The average molecular weight is 346 g/mol. The van der Waals surface area contributed by atoms with Crippen LogP contribution in [0.15, 0.2) is 24.3 Å². The molecule has 136 valence electrons. The largest absolute Gasteiger partial charge is 0.339 e. The van der Waals surface area contributed by atoms with E-state index < -0.39 is 0 Å². The van der Waals surface area contributed by atoms with Gasteiger partial charge < -0.3 is 20.9 Å². The van der Waals surface area contributed by atoms with Gasteiger partial charge in [-0.1, -0.05) is 6.07 Å². The molecule has 1 atom stereocenters. The summed E-state index contributed by atoms with van der Waals surface area (Å²) in [7, 11) is 0. The standard InChI is InChI=1S/C18H26N4O3/c1-11(2)19-18(25)21-15-7-5-6-14(9-15)20-17(24)13-8-16(23)22(10-13)12(3)4/h5-7,9,11-13H,8,10H2,1-4H3,(H,20,24)(H2,19,21,25)/t13-/m1/s1. The second-order valence-electron chi connectivity index (χ2n) is 6.86. The number of hydrogen-bond acceptors (Lipinski definition) is 3. The molecule has 1 aromatic carbocycles. The zero-order valence-corrected chi connectivity index (χ0v) is 15.1. The molecule has 25 heavy (non-hydrogen) atoms. The van der Waals surface area contributed by atoms with Crippen LogP contribution in [0.2, 0.25) is 0 Å². The van der Waals surface area contributed by atoms with Gasteiger partial charge in [0.1, 0.15) is 0 Å². The number of amides is 4. The maximum Gasteiger partial charge on any atom is 0.319 e. The van der Waals surface area contributed by atoms with Crippen LogP contribution in [0.3, 0.4) is 0 Å². The van der Waals surface area contributed by atoms with Crippen molar-refractivity contribution in [2.24, 2.45) is 5.92 Å². The number of likely N-dealkylation sites (tertiary alicyclic amines) is 1. The zero-order chi connectivity index (χ0) is 18.6. The van der Waals surface area contributed by atoms with E-state index in [9.17, 15) is 14.4 Å². The van der Waals surface area contributed by atoms with Crippen LogP contribution >= 0.6 is 0 Å². The molecule has 1 fully saturated rings. The van der Waals surface area contributed by atoms with Crippen LogP contribution in [0.25, 0.3) is 0 Å². The summed E-state index contributed by atoms with van der Waals surface area (Å²) in [5.41, 5.74) is 1.17. The number of anilines is 2. The molecule has 0 bridgehead atoms. The molecule has 0 aromatic heterocycles. The number of rotatable bonds is 5. The molecular weight excluding hydrogens is 320 g/mol. The van der Waals surface area contributed by atoms with Crippen LogP contribution < -0.4 is 16.0 Å². The van der Waals surface area contributed by atoms with Crippen molar-refractivity contribution >= 4 is 29.2 Å². The van der Waals surface area contributed by atoms with Gasteiger partial charge in [0.25, 0.3) is 0 Å². The Bertz CT molecular complexity index is 657. The minimum atomic E-state index is -0.351. The lowest BCUT2D eigenvalue weighted by atomic mass is 10.1. The molecule has 7 nitrogen and oxygen atoms in total. The zero-order valence-electron chi connectivity index (χ0n) is 15.1. The smallest absolute Gasteiger partial charge is 0.319 e. The molecule has 1 heterocycles. The number of nitrogens with one attached hydrogen (secondary N) is 3. The summed E-state index contributed by atoms with van der Waals surface area (Å²) < 4.78 is 0. The van der Waals surface area contributed by atoms with E-state index in [-0.39, 0.29) is 42.3 Å². The normalized spacial score (nSPS) is 17.1. The second kappa shape index (κ2) is 8.00. The van der Waals surface area contributed by atoms with Gasteiger partial charge in [-0.25, -0.2) is 4.79 Å². The van der Waals surface area contributed by atoms with Gasteiger partial charge in [0.15, 0.2) is 0 Å².